The summed E-state index contributed by atoms with van der Waals surface area (Å²) in [6.07, 6.45) is 3.52. The van der Waals surface area contributed by atoms with E-state index in [1.54, 1.807) is 19.0 Å². The number of likely N-dealkylation sites (tertiary alicyclic amines) is 1. The smallest absolute Gasteiger partial charge is 0.243 e. The molecule has 0 radical (unpaired) electrons. The third-order valence-corrected chi connectivity index (χ3v) is 5.96. The van der Waals surface area contributed by atoms with Crippen molar-refractivity contribution in [2.24, 2.45) is 16.8 Å². The van der Waals surface area contributed by atoms with Crippen LogP contribution >= 0.6 is 24.0 Å². The fraction of sp³-hybridized carbons (Fsp3) is 0.636. The maximum atomic E-state index is 12.1. The van der Waals surface area contributed by atoms with Crippen LogP contribution in [0.15, 0.2) is 35.3 Å². The maximum absolute atomic E-state index is 12.1. The largest absolute Gasteiger partial charge is 0.381 e. The summed E-state index contributed by atoms with van der Waals surface area (Å²) >= 11 is 0. The third-order valence-electron chi connectivity index (χ3n) is 5.96. The van der Waals surface area contributed by atoms with Gasteiger partial charge in [-0.1, -0.05) is 30.3 Å². The molecule has 2 saturated heterocycles. The molecule has 0 bridgehead atoms. The van der Waals surface area contributed by atoms with Gasteiger partial charge in [-0.25, -0.2) is 4.99 Å². The lowest BCUT2D eigenvalue weighted by atomic mass is 9.85. The lowest BCUT2D eigenvalue weighted by Gasteiger charge is -2.29. The molecule has 2 aliphatic rings. The summed E-state index contributed by atoms with van der Waals surface area (Å²) < 4.78 is 5.53. The first-order chi connectivity index (χ1) is 13.5. The lowest BCUT2D eigenvalue weighted by molar-refractivity contribution is -0.127. The van der Waals surface area contributed by atoms with E-state index in [0.29, 0.717) is 5.92 Å². The zero-order chi connectivity index (χ0) is 19.9. The number of ether oxygens (including phenoxy) is 1. The standard InChI is InChI=1S/C22H34N4O2.HI/c1-17(18-7-5-4-6-8-18)24-22(23-15-21(27)25(2)3)26-12-9-20(16-26)19-10-13-28-14-11-19;/h4-8,17,19-20H,9-16H2,1-3H3,(H,23,24);1H. The monoisotopic (exact) mass is 514 g/mol. The number of nitrogens with one attached hydrogen (secondary N) is 1. The second-order valence-electron chi connectivity index (χ2n) is 8.15. The van der Waals surface area contributed by atoms with Crippen molar-refractivity contribution in [3.63, 3.8) is 0 Å². The first kappa shape index (κ1) is 23.9. The van der Waals surface area contributed by atoms with Crippen LogP contribution < -0.4 is 5.32 Å². The molecule has 162 valence electrons. The van der Waals surface area contributed by atoms with Crippen LogP contribution in [-0.2, 0) is 9.53 Å². The molecule has 7 heteroatoms. The average molecular weight is 514 g/mol. The molecule has 0 aliphatic carbocycles. The van der Waals surface area contributed by atoms with E-state index in [1.807, 2.05) is 6.07 Å². The Morgan fingerprint density at radius 2 is 1.90 bits per heavy atom. The number of halogens is 1. The zero-order valence-electron chi connectivity index (χ0n) is 17.8. The Labute approximate surface area is 192 Å². The van der Waals surface area contributed by atoms with Gasteiger partial charge in [0, 0.05) is 40.4 Å². The fourth-order valence-electron chi connectivity index (χ4n) is 4.09. The predicted octanol–water partition coefficient (Wildman–Crippen LogP) is 3.15. The number of hydrogen-bond acceptors (Lipinski definition) is 3. The van der Waals surface area contributed by atoms with Gasteiger partial charge in [0.25, 0.3) is 0 Å². The molecule has 1 aromatic rings. The fourth-order valence-corrected chi connectivity index (χ4v) is 4.09. The van der Waals surface area contributed by atoms with Gasteiger partial charge < -0.3 is 19.9 Å². The first-order valence-electron chi connectivity index (χ1n) is 10.4. The molecule has 0 saturated carbocycles. The lowest BCUT2D eigenvalue weighted by Crippen LogP contribution is -2.42. The van der Waals surface area contributed by atoms with Crippen molar-refractivity contribution in [1.29, 1.82) is 0 Å². The Balaban J connectivity index is 0.00000300. The Kier molecular flexibility index (Phi) is 9.68. The zero-order valence-corrected chi connectivity index (χ0v) is 20.2. The van der Waals surface area contributed by atoms with Crippen LogP contribution in [0.1, 0.15) is 37.8 Å². The van der Waals surface area contributed by atoms with Gasteiger partial charge in [0.1, 0.15) is 6.54 Å². The number of likely N-dealkylation sites (N-methyl/N-ethyl adjacent to an activating group) is 1. The summed E-state index contributed by atoms with van der Waals surface area (Å²) in [5.74, 6) is 2.30. The van der Waals surface area contributed by atoms with E-state index in [9.17, 15) is 4.79 Å². The van der Waals surface area contributed by atoms with Gasteiger partial charge in [-0.15, -0.1) is 24.0 Å². The van der Waals surface area contributed by atoms with E-state index < -0.39 is 0 Å². The highest BCUT2D eigenvalue weighted by Gasteiger charge is 2.32. The molecule has 2 heterocycles. The maximum Gasteiger partial charge on any atom is 0.243 e. The number of aliphatic imine (C=N–C) groups is 1. The molecule has 2 aliphatic heterocycles. The second kappa shape index (κ2) is 11.7. The van der Waals surface area contributed by atoms with Gasteiger partial charge in [0.15, 0.2) is 5.96 Å². The summed E-state index contributed by atoms with van der Waals surface area (Å²) in [5.41, 5.74) is 1.22. The SMILES string of the molecule is CC(NC(=NCC(=O)N(C)C)N1CCC(C2CCOCC2)C1)c1ccccc1.I. The predicted molar refractivity (Wildman–Crippen MR) is 128 cm³/mol. The minimum Gasteiger partial charge on any atom is -0.381 e. The summed E-state index contributed by atoms with van der Waals surface area (Å²) in [5, 5.41) is 3.57. The molecule has 6 nitrogen and oxygen atoms in total. The number of rotatable bonds is 5. The molecule has 1 N–H and O–H groups in total. The molecule has 0 aromatic heterocycles. The van der Waals surface area contributed by atoms with Crippen LogP contribution in [0.25, 0.3) is 0 Å². The van der Waals surface area contributed by atoms with Crippen LogP contribution in [0.4, 0.5) is 0 Å². The Hall–Kier alpha value is -1.35. The molecule has 2 fully saturated rings. The van der Waals surface area contributed by atoms with E-state index in [0.717, 1.165) is 51.0 Å². The number of carbonyl (C=O) groups excluding carboxylic acids is 1. The third kappa shape index (κ3) is 6.84. The number of nitrogens with zero attached hydrogens (tertiary/aromatic N) is 3. The highest BCUT2D eigenvalue weighted by atomic mass is 127. The number of amides is 1. The van der Waals surface area contributed by atoms with Crippen molar-refractivity contribution in [3.8, 4) is 0 Å². The second-order valence-corrected chi connectivity index (χ2v) is 8.15. The minimum absolute atomic E-state index is 0. The Bertz CT molecular complexity index is 662. The van der Waals surface area contributed by atoms with Gasteiger partial charge in [-0.05, 0) is 43.6 Å². The van der Waals surface area contributed by atoms with Crippen molar-refractivity contribution in [3.05, 3.63) is 35.9 Å². The number of hydrogen-bond donors (Lipinski definition) is 1. The van der Waals surface area contributed by atoms with Crippen molar-refractivity contribution in [2.45, 2.75) is 32.2 Å². The van der Waals surface area contributed by atoms with Gasteiger partial charge in [-0.3, -0.25) is 4.79 Å². The van der Waals surface area contributed by atoms with Crippen molar-refractivity contribution in [2.75, 3.05) is 46.9 Å². The minimum atomic E-state index is 0. The van der Waals surface area contributed by atoms with E-state index in [1.165, 1.54) is 12.0 Å². The highest BCUT2D eigenvalue weighted by molar-refractivity contribution is 14.0. The van der Waals surface area contributed by atoms with Crippen LogP contribution in [0, 0.1) is 11.8 Å². The quantitative estimate of drug-likeness (QED) is 0.373. The van der Waals surface area contributed by atoms with E-state index in [2.05, 4.69) is 46.4 Å². The molecule has 2 atom stereocenters. The van der Waals surface area contributed by atoms with Gasteiger partial charge >= 0.3 is 0 Å². The molecule has 3 rings (SSSR count). The van der Waals surface area contributed by atoms with E-state index >= 15 is 0 Å². The van der Waals surface area contributed by atoms with E-state index in [4.69, 9.17) is 4.74 Å². The molecular formula is C22H35IN4O2. The Morgan fingerprint density at radius 3 is 2.55 bits per heavy atom. The van der Waals surface area contributed by atoms with Crippen molar-refractivity contribution >= 4 is 35.8 Å². The molecule has 1 amide bonds. The van der Waals surface area contributed by atoms with Gasteiger partial charge in [0.2, 0.25) is 5.91 Å². The molecule has 1 aromatic carbocycles. The average Bonchev–Trinajstić information content (AvgIpc) is 3.22. The van der Waals surface area contributed by atoms with Crippen LogP contribution in [0.3, 0.4) is 0 Å². The summed E-state index contributed by atoms with van der Waals surface area (Å²) in [4.78, 5) is 20.7. The van der Waals surface area contributed by atoms with Gasteiger partial charge in [0.05, 0.1) is 6.04 Å². The van der Waals surface area contributed by atoms with Crippen molar-refractivity contribution in [1.82, 2.24) is 15.1 Å². The van der Waals surface area contributed by atoms with E-state index in [-0.39, 0.29) is 42.5 Å². The Morgan fingerprint density at radius 1 is 1.21 bits per heavy atom. The van der Waals surface area contributed by atoms with Crippen LogP contribution in [-0.4, -0.2) is 68.6 Å². The summed E-state index contributed by atoms with van der Waals surface area (Å²) in [7, 11) is 3.54. The normalized spacial score (nSPS) is 21.4. The number of benzene rings is 1. The topological polar surface area (TPSA) is 57.2 Å². The van der Waals surface area contributed by atoms with Crippen LogP contribution in [0.5, 0.6) is 0 Å². The first-order valence-corrected chi connectivity index (χ1v) is 10.4. The molecule has 2 unspecified atom stereocenters. The van der Waals surface area contributed by atoms with Gasteiger partial charge in [-0.2, -0.15) is 0 Å². The molecule has 0 spiro atoms. The highest BCUT2D eigenvalue weighted by Crippen LogP contribution is 2.31. The summed E-state index contributed by atoms with van der Waals surface area (Å²) in [6, 6.07) is 10.5. The number of carbonyl (C=O) groups is 1. The number of guanidine groups is 1. The molecular weight excluding hydrogens is 479 g/mol. The van der Waals surface area contributed by atoms with Crippen LogP contribution in [0.2, 0.25) is 0 Å². The summed E-state index contributed by atoms with van der Waals surface area (Å²) in [6.45, 7) is 6.10. The van der Waals surface area contributed by atoms with Crippen molar-refractivity contribution < 1.29 is 9.53 Å². The molecule has 29 heavy (non-hydrogen) atoms.